The zero-order valence-electron chi connectivity index (χ0n) is 34.9. The first-order valence-electron chi connectivity index (χ1n) is 22.3. The summed E-state index contributed by atoms with van der Waals surface area (Å²) in [5, 5.41) is 2.17. The molecule has 14 rings (SSSR count). The van der Waals surface area contributed by atoms with Crippen LogP contribution in [-0.2, 0) is 10.8 Å². The molecule has 0 unspecified atom stereocenters. The zero-order chi connectivity index (χ0) is 42.0. The molecular formula is C62H39NO. The quantitative estimate of drug-likeness (QED) is 0.172. The second-order valence-electron chi connectivity index (χ2n) is 17.4. The molecular weight excluding hydrogens is 775 g/mol. The molecule has 2 nitrogen and oxygen atoms in total. The molecule has 10 aromatic carbocycles. The van der Waals surface area contributed by atoms with Crippen LogP contribution < -0.4 is 4.90 Å². The first kappa shape index (κ1) is 35.4. The molecule has 0 bridgehead atoms. The van der Waals surface area contributed by atoms with Gasteiger partial charge in [0.1, 0.15) is 11.2 Å². The van der Waals surface area contributed by atoms with Gasteiger partial charge in [0, 0.05) is 16.6 Å². The second-order valence-corrected chi connectivity index (χ2v) is 17.4. The van der Waals surface area contributed by atoms with Crippen LogP contribution in [0.15, 0.2) is 241 Å². The molecule has 0 N–H and O–H groups in total. The maximum Gasteiger partial charge on any atom is 0.137 e. The normalized spacial score (nSPS) is 14.2. The fourth-order valence-electron chi connectivity index (χ4n) is 12.2. The molecule has 64 heavy (non-hydrogen) atoms. The number of furan rings is 1. The summed E-state index contributed by atoms with van der Waals surface area (Å²) in [4.78, 5) is 2.53. The van der Waals surface area contributed by atoms with Gasteiger partial charge in [0.25, 0.3) is 0 Å². The molecule has 0 aliphatic heterocycles. The van der Waals surface area contributed by atoms with Crippen molar-refractivity contribution in [2.24, 2.45) is 0 Å². The second kappa shape index (κ2) is 13.2. The summed E-state index contributed by atoms with van der Waals surface area (Å²) in [5.74, 6) is 0. The number of para-hydroxylation sites is 2. The van der Waals surface area contributed by atoms with Gasteiger partial charge >= 0.3 is 0 Å². The average Bonchev–Trinajstić information content (AvgIpc) is 4.08. The Hall–Kier alpha value is -8.20. The molecule has 1 aromatic heterocycles. The highest BCUT2D eigenvalue weighted by atomic mass is 16.3. The Labute approximate surface area is 372 Å². The molecule has 1 heterocycles. The predicted molar refractivity (Wildman–Crippen MR) is 262 cm³/mol. The van der Waals surface area contributed by atoms with E-state index >= 15 is 0 Å². The van der Waals surface area contributed by atoms with Crippen LogP contribution in [0.5, 0.6) is 0 Å². The largest absolute Gasteiger partial charge is 0.456 e. The lowest BCUT2D eigenvalue weighted by Crippen LogP contribution is -2.29. The van der Waals surface area contributed by atoms with Crippen molar-refractivity contribution in [2.75, 3.05) is 4.90 Å². The first-order valence-corrected chi connectivity index (χ1v) is 22.3. The number of benzene rings is 10. The van der Waals surface area contributed by atoms with Crippen molar-refractivity contribution in [1.82, 2.24) is 0 Å². The summed E-state index contributed by atoms with van der Waals surface area (Å²) in [6.07, 6.45) is 0. The van der Waals surface area contributed by atoms with Crippen LogP contribution >= 0.6 is 0 Å². The van der Waals surface area contributed by atoms with Crippen molar-refractivity contribution in [3.8, 4) is 33.4 Å². The van der Waals surface area contributed by atoms with Gasteiger partial charge < -0.3 is 9.32 Å². The maximum atomic E-state index is 7.05. The van der Waals surface area contributed by atoms with Crippen LogP contribution in [-0.4, -0.2) is 0 Å². The monoisotopic (exact) mass is 813 g/mol. The zero-order valence-corrected chi connectivity index (χ0v) is 34.9. The van der Waals surface area contributed by atoms with E-state index in [1.807, 2.05) is 0 Å². The molecule has 3 aliphatic carbocycles. The summed E-state index contributed by atoms with van der Waals surface area (Å²) < 4.78 is 7.05. The number of anilines is 3. The van der Waals surface area contributed by atoms with Gasteiger partial charge in [-0.1, -0.05) is 200 Å². The molecule has 0 amide bonds. The van der Waals surface area contributed by atoms with E-state index in [9.17, 15) is 0 Å². The van der Waals surface area contributed by atoms with E-state index in [1.54, 1.807) is 0 Å². The van der Waals surface area contributed by atoms with E-state index in [0.29, 0.717) is 0 Å². The number of hydrogen-bond acceptors (Lipinski definition) is 2. The highest BCUT2D eigenvalue weighted by molar-refractivity contribution is 6.15. The van der Waals surface area contributed by atoms with Gasteiger partial charge in [-0.15, -0.1) is 0 Å². The summed E-state index contributed by atoms with van der Waals surface area (Å²) in [7, 11) is 0. The Morgan fingerprint density at radius 1 is 0.312 bits per heavy atom. The lowest BCUT2D eigenvalue weighted by molar-refractivity contribution is 0.665. The van der Waals surface area contributed by atoms with Crippen molar-refractivity contribution in [1.29, 1.82) is 0 Å². The third-order valence-electron chi connectivity index (χ3n) is 14.5. The van der Waals surface area contributed by atoms with E-state index in [-0.39, 0.29) is 0 Å². The van der Waals surface area contributed by atoms with E-state index in [0.717, 1.165) is 44.6 Å². The van der Waals surface area contributed by atoms with Crippen molar-refractivity contribution in [2.45, 2.75) is 10.8 Å². The standard InChI is InChI=1S/C62H39NO/c1-3-20-40(21-4-1)61(49-30-13-7-24-43(49)44-25-8-14-31-50(44)61)41-38-56(60-48-29-12-18-37-57(48)64-58(60)39-41)63(42-22-5-2-6-23-42)55-36-19-35-54-59(55)47-28-11-17-34-53(47)62(54)51-32-15-9-26-45(51)46-27-10-16-33-52(46)62/h1-39H. The molecule has 0 saturated carbocycles. The number of rotatable bonds is 5. The van der Waals surface area contributed by atoms with Gasteiger partial charge in [-0.05, 0) is 109 Å². The Morgan fingerprint density at radius 2 is 0.781 bits per heavy atom. The highest BCUT2D eigenvalue weighted by Gasteiger charge is 2.53. The van der Waals surface area contributed by atoms with Gasteiger partial charge in [-0.2, -0.15) is 0 Å². The van der Waals surface area contributed by atoms with Crippen molar-refractivity contribution in [3.63, 3.8) is 0 Å². The number of fused-ring (bicyclic) bond motifs is 16. The van der Waals surface area contributed by atoms with Crippen molar-refractivity contribution < 1.29 is 4.42 Å². The topological polar surface area (TPSA) is 16.4 Å². The third-order valence-corrected chi connectivity index (χ3v) is 14.5. The van der Waals surface area contributed by atoms with Crippen LogP contribution in [0.3, 0.4) is 0 Å². The van der Waals surface area contributed by atoms with Crippen LogP contribution in [0.2, 0.25) is 0 Å². The van der Waals surface area contributed by atoms with E-state index in [4.69, 9.17) is 4.42 Å². The Morgan fingerprint density at radius 3 is 1.39 bits per heavy atom. The fraction of sp³-hybridized carbons (Fsp3) is 0.0323. The van der Waals surface area contributed by atoms with Gasteiger partial charge in [-0.25, -0.2) is 0 Å². The molecule has 0 saturated heterocycles. The summed E-state index contributed by atoms with van der Waals surface area (Å²) in [6, 6.07) is 87.6. The van der Waals surface area contributed by atoms with Crippen LogP contribution in [0, 0.1) is 0 Å². The molecule has 11 aromatic rings. The van der Waals surface area contributed by atoms with Crippen LogP contribution in [0.1, 0.15) is 44.5 Å². The average molecular weight is 814 g/mol. The van der Waals surface area contributed by atoms with E-state index in [2.05, 4.69) is 241 Å². The fourth-order valence-corrected chi connectivity index (χ4v) is 12.2. The lowest BCUT2D eigenvalue weighted by Gasteiger charge is -2.36. The summed E-state index contributed by atoms with van der Waals surface area (Å²) >= 11 is 0. The highest BCUT2D eigenvalue weighted by Crippen LogP contribution is 2.65. The molecule has 298 valence electrons. The molecule has 2 heteroatoms. The summed E-state index contributed by atoms with van der Waals surface area (Å²) in [5.41, 5.74) is 21.7. The minimum atomic E-state index is -0.634. The summed E-state index contributed by atoms with van der Waals surface area (Å²) in [6.45, 7) is 0. The number of nitrogens with zero attached hydrogens (tertiary/aromatic N) is 1. The van der Waals surface area contributed by atoms with Crippen molar-refractivity contribution in [3.05, 3.63) is 281 Å². The third kappa shape index (κ3) is 4.44. The minimum Gasteiger partial charge on any atom is -0.456 e. The Balaban J connectivity index is 1.13. The molecule has 1 spiro atoms. The van der Waals surface area contributed by atoms with Gasteiger partial charge in [-0.3, -0.25) is 0 Å². The SMILES string of the molecule is c1ccc(N(c2cccc3c2-c2ccccc2C32c3ccccc3-c3ccccc32)c2cc(C3(c4ccccc4)c4ccccc4-c4ccccc43)cc3oc4ccccc4c23)cc1. The van der Waals surface area contributed by atoms with Crippen LogP contribution in [0.4, 0.5) is 17.1 Å². The predicted octanol–water partition coefficient (Wildman–Crippen LogP) is 15.8. The smallest absolute Gasteiger partial charge is 0.137 e. The van der Waals surface area contributed by atoms with Crippen molar-refractivity contribution >= 4 is 39.0 Å². The lowest BCUT2D eigenvalue weighted by atomic mass is 9.67. The van der Waals surface area contributed by atoms with Gasteiger partial charge in [0.05, 0.1) is 27.6 Å². The molecule has 0 radical (unpaired) electrons. The molecule has 3 aliphatic rings. The van der Waals surface area contributed by atoms with Gasteiger partial charge in [0.15, 0.2) is 0 Å². The van der Waals surface area contributed by atoms with Crippen LogP contribution in [0.25, 0.3) is 55.3 Å². The first-order chi connectivity index (χ1) is 31.8. The Bertz CT molecular complexity index is 3600. The molecule has 0 atom stereocenters. The van der Waals surface area contributed by atoms with E-state index < -0.39 is 10.8 Å². The van der Waals surface area contributed by atoms with Gasteiger partial charge in [0.2, 0.25) is 0 Å². The Kier molecular flexibility index (Phi) is 7.28. The molecule has 0 fully saturated rings. The number of hydrogen-bond donors (Lipinski definition) is 0. The van der Waals surface area contributed by atoms with E-state index in [1.165, 1.54) is 72.3 Å². The minimum absolute atomic E-state index is 0.481. The maximum absolute atomic E-state index is 7.05.